The van der Waals surface area contributed by atoms with E-state index in [1.807, 2.05) is 0 Å². The van der Waals surface area contributed by atoms with Gasteiger partial charge in [-0.3, -0.25) is 33.6 Å². The third-order valence-electron chi connectivity index (χ3n) is 13.4. The maximum atomic E-state index is 14.4. The van der Waals surface area contributed by atoms with Crippen LogP contribution in [0.3, 0.4) is 0 Å². The predicted molar refractivity (Wildman–Crippen MR) is 256 cm³/mol. The van der Waals surface area contributed by atoms with Crippen LogP contribution in [-0.4, -0.2) is 196 Å². The third-order valence-corrected chi connectivity index (χ3v) is 13.4. The van der Waals surface area contributed by atoms with Gasteiger partial charge in [0, 0.05) is 37.4 Å². The van der Waals surface area contributed by atoms with Gasteiger partial charge in [0.25, 0.3) is 5.91 Å². The summed E-state index contributed by atoms with van der Waals surface area (Å²) < 4.78 is 5.81. The Balaban J connectivity index is 1.51. The topological polar surface area (TPSA) is 377 Å². The molecule has 3 fully saturated rings. The fourth-order valence-electron chi connectivity index (χ4n) is 9.04. The molecule has 0 unspecified atom stereocenters. The molecule has 2 aromatic rings. The summed E-state index contributed by atoms with van der Waals surface area (Å²) in [6.45, 7) is 5.28. The summed E-state index contributed by atoms with van der Waals surface area (Å²) in [7, 11) is 0. The zero-order chi connectivity index (χ0) is 53.8. The number of nitrogens with one attached hydrogen (secondary N) is 5. The van der Waals surface area contributed by atoms with Crippen LogP contribution in [0.15, 0.2) is 48.5 Å². The monoisotopic (exact) mass is 1030 g/mol. The highest BCUT2D eigenvalue weighted by Crippen LogP contribution is 2.28. The minimum absolute atomic E-state index is 0.00468. The van der Waals surface area contributed by atoms with E-state index in [9.17, 15) is 79.5 Å². The average molecular weight is 1030 g/mol. The van der Waals surface area contributed by atoms with Crippen molar-refractivity contribution in [1.29, 1.82) is 0 Å². The minimum atomic E-state index is -2.28. The Bertz CT molecular complexity index is 2220. The smallest absolute Gasteiger partial charge is 0.251 e. The number of rotatable bonds is 15. The minimum Gasteiger partial charge on any atom is -0.508 e. The van der Waals surface area contributed by atoms with Crippen LogP contribution >= 0.6 is 0 Å². The third kappa shape index (κ3) is 14.8. The molecule has 2 aromatic carbocycles. The zero-order valence-corrected chi connectivity index (χ0v) is 41.2. The quantitative estimate of drug-likeness (QED) is 0.0786. The van der Waals surface area contributed by atoms with Crippen LogP contribution in [0.1, 0.15) is 101 Å². The van der Waals surface area contributed by atoms with Crippen molar-refractivity contribution in [1.82, 2.24) is 36.4 Å². The number of hydrogen-bond acceptors (Lipinski definition) is 17. The number of carbonyl (C=O) groups is 7. The first-order valence-corrected chi connectivity index (χ1v) is 24.6. The van der Waals surface area contributed by atoms with Gasteiger partial charge in [0.05, 0.1) is 31.0 Å². The van der Waals surface area contributed by atoms with E-state index < -0.39 is 152 Å². The van der Waals surface area contributed by atoms with Crippen LogP contribution in [0.25, 0.3) is 0 Å². The highest BCUT2D eigenvalue weighted by Gasteiger charge is 2.50. The Kier molecular flexibility index (Phi) is 20.9. The number of hydrogen-bond donors (Lipinski definition) is 14. The molecule has 404 valence electrons. The second kappa shape index (κ2) is 26.3. The first-order chi connectivity index (χ1) is 34.5. The maximum Gasteiger partial charge on any atom is 0.251 e. The number of aromatic hydroxyl groups is 1. The summed E-state index contributed by atoms with van der Waals surface area (Å²) in [6.07, 6.45) is -10.4. The average Bonchev–Trinajstić information content (AvgIpc) is 3.90. The molecule has 0 aromatic heterocycles. The lowest BCUT2D eigenvalue weighted by Gasteiger charge is -2.34. The van der Waals surface area contributed by atoms with E-state index in [1.165, 1.54) is 43.3 Å². The number of aliphatic hydroxyl groups excluding tert-OH is 8. The number of nitrogens with zero attached hydrogens (tertiary/aromatic N) is 2. The summed E-state index contributed by atoms with van der Waals surface area (Å²) in [4.78, 5) is 101. The van der Waals surface area contributed by atoms with E-state index in [2.05, 4.69) is 33.5 Å². The Morgan fingerprint density at radius 2 is 1.27 bits per heavy atom. The summed E-state index contributed by atoms with van der Waals surface area (Å²) in [5.41, 5.74) is -0.0659. The van der Waals surface area contributed by atoms with Gasteiger partial charge in [0.1, 0.15) is 66.1 Å². The lowest BCUT2D eigenvalue weighted by atomic mass is 9.96. The molecule has 0 bridgehead atoms. The van der Waals surface area contributed by atoms with E-state index in [0.717, 1.165) is 74.3 Å². The van der Waals surface area contributed by atoms with Crippen LogP contribution in [-0.2, 0) is 28.8 Å². The van der Waals surface area contributed by atoms with Gasteiger partial charge >= 0.3 is 0 Å². The first kappa shape index (κ1) is 57.9. The van der Waals surface area contributed by atoms with Gasteiger partial charge in [-0.2, -0.15) is 0 Å². The highest BCUT2D eigenvalue weighted by molar-refractivity contribution is 6.00. The van der Waals surface area contributed by atoms with Gasteiger partial charge in [-0.25, -0.2) is 0 Å². The van der Waals surface area contributed by atoms with E-state index in [-0.39, 0.29) is 23.4 Å². The van der Waals surface area contributed by atoms with Crippen LogP contribution in [0.4, 0.5) is 0 Å². The number of carbonyl (C=O) groups excluding carboxylic acids is 7. The fraction of sp³-hybridized carbons (Fsp3) is 0.612. The molecule has 0 spiro atoms. The van der Waals surface area contributed by atoms with E-state index >= 15 is 0 Å². The molecule has 24 heteroatoms. The molecule has 3 aliphatic heterocycles. The van der Waals surface area contributed by atoms with Crippen molar-refractivity contribution >= 4 is 41.4 Å². The van der Waals surface area contributed by atoms with Crippen molar-refractivity contribution in [3.8, 4) is 11.5 Å². The van der Waals surface area contributed by atoms with Crippen LogP contribution < -0.4 is 31.3 Å². The molecule has 3 saturated heterocycles. The summed E-state index contributed by atoms with van der Waals surface area (Å²) in [6, 6.07) is -1.02. The molecule has 24 nitrogen and oxygen atoms in total. The molecular weight excluding hydrogens is 959 g/mol. The Morgan fingerprint density at radius 1 is 0.699 bits per heavy atom. The highest BCUT2D eigenvalue weighted by atomic mass is 16.5. The molecule has 7 amide bonds. The summed E-state index contributed by atoms with van der Waals surface area (Å²) in [5, 5.41) is 110. The number of unbranched alkanes of at least 4 members (excludes halogenated alkanes) is 5. The van der Waals surface area contributed by atoms with Crippen LogP contribution in [0.5, 0.6) is 11.5 Å². The molecule has 0 saturated carbocycles. The van der Waals surface area contributed by atoms with Gasteiger partial charge in [0.15, 0.2) is 6.23 Å². The maximum absolute atomic E-state index is 14.4. The van der Waals surface area contributed by atoms with Gasteiger partial charge in [-0.05, 0) is 62.2 Å². The molecule has 3 aliphatic rings. The molecule has 0 aliphatic carbocycles. The van der Waals surface area contributed by atoms with Gasteiger partial charge < -0.3 is 87.1 Å². The standard InChI is InChI=1S/C49H71N7O17/c1-5-6-7-8-9-10-19-73-31-17-13-28(14-18-31)42(65)50-32-21-34(61)45(68)54-47(70)38-39(62)24(2)22-56(38)49(72)36(26(4)58)52-46(69)37(41(64)40(63)27-11-15-29(59)16-12-27)53-44(67)33-20-30(60)23-55(33)48(71)35(25(3)57)51-43(32)66/h11-18,24-26,30,32-41,45,57-64,68H,5-10,19-23H2,1-4H3,(H,50,65)(H,51,66)(H,52,69)(H,53,67)(H,54,70)/t24-,25+,26+,30+,32-,33-,34+,35-,36-,37-,38-,39-,40-,41-,45+/m0/s1. The zero-order valence-electron chi connectivity index (χ0n) is 41.2. The first-order valence-electron chi connectivity index (χ1n) is 24.6. The molecular formula is C49H71N7O17. The number of aliphatic hydroxyl groups is 8. The summed E-state index contributed by atoms with van der Waals surface area (Å²) in [5.74, 6) is -8.94. The Morgan fingerprint density at radius 3 is 1.89 bits per heavy atom. The van der Waals surface area contributed by atoms with Crippen molar-refractivity contribution in [2.24, 2.45) is 5.92 Å². The molecule has 5 rings (SSSR count). The van der Waals surface area contributed by atoms with Gasteiger partial charge in [-0.15, -0.1) is 0 Å². The largest absolute Gasteiger partial charge is 0.508 e. The van der Waals surface area contributed by atoms with Crippen LogP contribution in [0.2, 0.25) is 0 Å². The van der Waals surface area contributed by atoms with Gasteiger partial charge in [-0.1, -0.05) is 58.1 Å². The van der Waals surface area contributed by atoms with Crippen molar-refractivity contribution in [2.75, 3.05) is 19.7 Å². The Hall–Kier alpha value is -5.99. The van der Waals surface area contributed by atoms with Crippen molar-refractivity contribution in [2.45, 2.75) is 164 Å². The van der Waals surface area contributed by atoms with Crippen molar-refractivity contribution < 1.29 is 84.3 Å². The normalized spacial score (nSPS) is 29.6. The predicted octanol–water partition coefficient (Wildman–Crippen LogP) is -3.09. The number of fused-ring (bicyclic) bond motifs is 2. The summed E-state index contributed by atoms with van der Waals surface area (Å²) >= 11 is 0. The van der Waals surface area contributed by atoms with E-state index in [0.29, 0.717) is 12.4 Å². The second-order valence-corrected chi connectivity index (χ2v) is 19.2. The molecule has 14 N–H and O–H groups in total. The van der Waals surface area contributed by atoms with Gasteiger partial charge in [0.2, 0.25) is 35.4 Å². The molecule has 0 radical (unpaired) electrons. The Labute approximate surface area is 422 Å². The van der Waals surface area contributed by atoms with Crippen LogP contribution in [0, 0.1) is 5.92 Å². The van der Waals surface area contributed by atoms with E-state index in [1.54, 1.807) is 0 Å². The number of ether oxygens (including phenoxy) is 1. The number of benzene rings is 2. The van der Waals surface area contributed by atoms with E-state index in [4.69, 9.17) is 4.74 Å². The fourth-order valence-corrected chi connectivity index (χ4v) is 9.04. The molecule has 73 heavy (non-hydrogen) atoms. The van der Waals surface area contributed by atoms with Crippen molar-refractivity contribution in [3.05, 3.63) is 59.7 Å². The number of phenols is 1. The molecule has 15 atom stereocenters. The lowest BCUT2D eigenvalue weighted by Crippen LogP contribution is -2.64. The number of phenolic OH excluding ortho intramolecular Hbond substituents is 1. The number of amides is 7. The SMILES string of the molecule is CCCCCCCCOc1ccc(C(=O)N[C@H]2C[C@@H](O)[C@@H](O)NC(=O)[C@@H]3[C@@H](O)[C@@H](C)CN3C(=O)[C@H]([C@@H](C)O)NC(=O)[C@H]([C@H](O)[C@@H](O)c3ccc(O)cc3)NC(=O)[C@@H]3C[C@@H](O)CN3C(=O)[C@H]([C@@H](C)O)NC2=O)cc1. The second-order valence-electron chi connectivity index (χ2n) is 19.2. The van der Waals surface area contributed by atoms with Crippen molar-refractivity contribution in [3.63, 3.8) is 0 Å². The molecule has 3 heterocycles. The lowest BCUT2D eigenvalue weighted by molar-refractivity contribution is -0.148.